The third-order valence-electron chi connectivity index (χ3n) is 4.56. The zero-order valence-electron chi connectivity index (χ0n) is 13.8. The van der Waals surface area contributed by atoms with Crippen LogP contribution in [0.2, 0.25) is 0 Å². The van der Waals surface area contributed by atoms with Crippen LogP contribution < -0.4 is 5.32 Å². The quantitative estimate of drug-likeness (QED) is 0.888. The number of carbonyl (C=O) groups is 1. The molecule has 0 aromatic heterocycles. The first-order chi connectivity index (χ1) is 11.7. The molecule has 0 radical (unpaired) electrons. The van der Waals surface area contributed by atoms with Gasteiger partial charge in [-0.3, -0.25) is 0 Å². The zero-order chi connectivity index (χ0) is 16.8. The molecule has 2 amide bonds. The lowest BCUT2D eigenvalue weighted by Gasteiger charge is -2.17. The molecule has 4 nitrogen and oxygen atoms in total. The van der Waals surface area contributed by atoms with Crippen LogP contribution in [-0.4, -0.2) is 29.1 Å². The molecule has 0 spiro atoms. The number of hydrogen-bond acceptors (Lipinski definition) is 2. The van der Waals surface area contributed by atoms with Crippen molar-refractivity contribution in [1.82, 2.24) is 10.2 Å². The normalized spacial score (nSPS) is 17.0. The molecule has 0 aliphatic carbocycles. The Morgan fingerprint density at radius 1 is 1.08 bits per heavy atom. The van der Waals surface area contributed by atoms with E-state index >= 15 is 0 Å². The van der Waals surface area contributed by atoms with Gasteiger partial charge >= 0.3 is 6.03 Å². The number of urea groups is 1. The van der Waals surface area contributed by atoms with Crippen LogP contribution in [-0.2, 0) is 19.6 Å². The Labute approximate surface area is 143 Å². The summed E-state index contributed by atoms with van der Waals surface area (Å²) in [7, 11) is 0. The van der Waals surface area contributed by atoms with Crippen molar-refractivity contribution in [2.45, 2.75) is 26.0 Å². The van der Waals surface area contributed by atoms with Gasteiger partial charge in [0.15, 0.2) is 0 Å². The second-order valence-corrected chi connectivity index (χ2v) is 6.43. The molecule has 2 aromatic carbocycles. The summed E-state index contributed by atoms with van der Waals surface area (Å²) in [5.74, 6) is 0.538. The van der Waals surface area contributed by atoms with Crippen molar-refractivity contribution in [3.05, 3.63) is 71.3 Å². The van der Waals surface area contributed by atoms with Crippen LogP contribution in [0.3, 0.4) is 0 Å². The lowest BCUT2D eigenvalue weighted by Crippen LogP contribution is -2.38. The van der Waals surface area contributed by atoms with Crippen LogP contribution in [0.1, 0.15) is 23.1 Å². The number of aliphatic hydroxyl groups excluding tert-OH is 1. The lowest BCUT2D eigenvalue weighted by atomic mass is 9.99. The van der Waals surface area contributed by atoms with Gasteiger partial charge in [-0.2, -0.15) is 0 Å². The van der Waals surface area contributed by atoms with Gasteiger partial charge in [0.25, 0.3) is 0 Å². The van der Waals surface area contributed by atoms with Crippen LogP contribution in [0.5, 0.6) is 0 Å². The van der Waals surface area contributed by atoms with Crippen molar-refractivity contribution in [2.24, 2.45) is 5.92 Å². The number of amides is 2. The van der Waals surface area contributed by atoms with Gasteiger partial charge < -0.3 is 15.3 Å². The Balaban J connectivity index is 1.47. The fourth-order valence-electron chi connectivity index (χ4n) is 3.26. The summed E-state index contributed by atoms with van der Waals surface area (Å²) in [5, 5.41) is 12.1. The van der Waals surface area contributed by atoms with Gasteiger partial charge in [0.1, 0.15) is 0 Å². The maximum absolute atomic E-state index is 12.3. The van der Waals surface area contributed by atoms with Gasteiger partial charge in [0.05, 0.1) is 6.61 Å². The van der Waals surface area contributed by atoms with Gasteiger partial charge in [-0.25, -0.2) is 4.79 Å². The molecule has 4 heteroatoms. The summed E-state index contributed by atoms with van der Waals surface area (Å²) in [5.41, 5.74) is 3.21. The SMILES string of the molecule is O=C(NCc1cccc(CO)c1)N1CC[C@H](Cc2ccccc2)C1. The predicted molar refractivity (Wildman–Crippen MR) is 94.4 cm³/mol. The first-order valence-electron chi connectivity index (χ1n) is 8.50. The predicted octanol–water partition coefficient (Wildman–Crippen LogP) is 2.95. The molecule has 3 rings (SSSR count). The molecule has 2 aromatic rings. The highest BCUT2D eigenvalue weighted by molar-refractivity contribution is 5.74. The van der Waals surface area contributed by atoms with E-state index in [9.17, 15) is 4.79 Å². The van der Waals surface area contributed by atoms with Gasteiger partial charge in [-0.05, 0) is 35.4 Å². The third kappa shape index (κ3) is 4.36. The van der Waals surface area contributed by atoms with E-state index < -0.39 is 0 Å². The Bertz CT molecular complexity index is 672. The number of nitrogens with one attached hydrogen (secondary N) is 1. The van der Waals surface area contributed by atoms with E-state index in [4.69, 9.17) is 5.11 Å². The minimum Gasteiger partial charge on any atom is -0.392 e. The van der Waals surface area contributed by atoms with E-state index in [2.05, 4.69) is 29.6 Å². The van der Waals surface area contributed by atoms with Crippen LogP contribution in [0.4, 0.5) is 4.79 Å². The fourth-order valence-corrected chi connectivity index (χ4v) is 3.26. The van der Waals surface area contributed by atoms with Crippen molar-refractivity contribution >= 4 is 6.03 Å². The Morgan fingerprint density at radius 2 is 1.83 bits per heavy atom. The molecule has 2 N–H and O–H groups in total. The third-order valence-corrected chi connectivity index (χ3v) is 4.56. The van der Waals surface area contributed by atoms with E-state index in [1.54, 1.807) is 0 Å². The molecular weight excluding hydrogens is 300 g/mol. The van der Waals surface area contributed by atoms with Gasteiger partial charge in [0.2, 0.25) is 0 Å². The molecule has 1 aliphatic heterocycles. The summed E-state index contributed by atoms with van der Waals surface area (Å²) in [6, 6.07) is 18.1. The van der Waals surface area contributed by atoms with Crippen molar-refractivity contribution in [3.63, 3.8) is 0 Å². The summed E-state index contributed by atoms with van der Waals surface area (Å²) in [6.07, 6.45) is 2.09. The number of rotatable bonds is 5. The molecule has 1 heterocycles. The van der Waals surface area contributed by atoms with Crippen LogP contribution >= 0.6 is 0 Å². The minimum absolute atomic E-state index is 0.0000341. The van der Waals surface area contributed by atoms with Gasteiger partial charge in [-0.1, -0.05) is 54.6 Å². The highest BCUT2D eigenvalue weighted by Gasteiger charge is 2.26. The Hall–Kier alpha value is -2.33. The smallest absolute Gasteiger partial charge is 0.317 e. The van der Waals surface area contributed by atoms with E-state index in [1.807, 2.05) is 35.2 Å². The van der Waals surface area contributed by atoms with E-state index in [0.29, 0.717) is 12.5 Å². The maximum Gasteiger partial charge on any atom is 0.317 e. The number of benzene rings is 2. The summed E-state index contributed by atoms with van der Waals surface area (Å²) >= 11 is 0. The number of likely N-dealkylation sites (tertiary alicyclic amines) is 1. The van der Waals surface area contributed by atoms with Crippen molar-refractivity contribution in [2.75, 3.05) is 13.1 Å². The zero-order valence-corrected chi connectivity index (χ0v) is 13.8. The van der Waals surface area contributed by atoms with Gasteiger partial charge in [0, 0.05) is 19.6 Å². The minimum atomic E-state index is -0.0000341. The molecule has 126 valence electrons. The molecule has 1 atom stereocenters. The highest BCUT2D eigenvalue weighted by atomic mass is 16.3. The number of carbonyl (C=O) groups excluding carboxylic acids is 1. The van der Waals surface area contributed by atoms with E-state index in [1.165, 1.54) is 5.56 Å². The van der Waals surface area contributed by atoms with E-state index in [-0.39, 0.29) is 12.6 Å². The number of nitrogens with zero attached hydrogens (tertiary/aromatic N) is 1. The molecule has 0 bridgehead atoms. The molecule has 1 aliphatic rings. The monoisotopic (exact) mass is 324 g/mol. The molecule has 24 heavy (non-hydrogen) atoms. The van der Waals surface area contributed by atoms with Crippen LogP contribution in [0.15, 0.2) is 54.6 Å². The average Bonchev–Trinajstić information content (AvgIpc) is 3.09. The second-order valence-electron chi connectivity index (χ2n) is 6.43. The number of aliphatic hydroxyl groups is 1. The summed E-state index contributed by atoms with van der Waals surface area (Å²) in [6.45, 7) is 2.15. The number of hydrogen-bond donors (Lipinski definition) is 2. The molecule has 0 unspecified atom stereocenters. The first kappa shape index (κ1) is 16.5. The molecule has 1 saturated heterocycles. The molecular formula is C20H24N2O2. The maximum atomic E-state index is 12.3. The average molecular weight is 324 g/mol. The molecule has 1 fully saturated rings. The standard InChI is InChI=1S/C20H24N2O2/c23-15-19-8-4-7-17(12-19)13-21-20(24)22-10-9-18(14-22)11-16-5-2-1-3-6-16/h1-8,12,18,23H,9-11,13-15H2,(H,21,24)/t18-/m1/s1. The van der Waals surface area contributed by atoms with Crippen molar-refractivity contribution in [3.8, 4) is 0 Å². The summed E-state index contributed by atoms with van der Waals surface area (Å²) < 4.78 is 0. The summed E-state index contributed by atoms with van der Waals surface area (Å²) in [4.78, 5) is 14.2. The topological polar surface area (TPSA) is 52.6 Å². The van der Waals surface area contributed by atoms with E-state index in [0.717, 1.165) is 37.1 Å². The lowest BCUT2D eigenvalue weighted by molar-refractivity contribution is 0.206. The van der Waals surface area contributed by atoms with Crippen molar-refractivity contribution in [1.29, 1.82) is 0 Å². The first-order valence-corrected chi connectivity index (χ1v) is 8.50. The van der Waals surface area contributed by atoms with Crippen molar-refractivity contribution < 1.29 is 9.90 Å². The Kier molecular flexibility index (Phi) is 5.49. The Morgan fingerprint density at radius 3 is 2.62 bits per heavy atom. The largest absolute Gasteiger partial charge is 0.392 e. The van der Waals surface area contributed by atoms with Crippen LogP contribution in [0, 0.1) is 5.92 Å². The van der Waals surface area contributed by atoms with Gasteiger partial charge in [-0.15, -0.1) is 0 Å². The fraction of sp³-hybridized carbons (Fsp3) is 0.350. The molecule has 0 saturated carbocycles. The van der Waals surface area contributed by atoms with Crippen LogP contribution in [0.25, 0.3) is 0 Å². The highest BCUT2D eigenvalue weighted by Crippen LogP contribution is 2.20. The second kappa shape index (κ2) is 7.97.